The molecule has 0 aromatic heterocycles. The number of hydrogen-bond donors (Lipinski definition) is 1. The number of non-ortho nitro benzene ring substituents is 1. The molecule has 0 spiro atoms. The van der Waals surface area contributed by atoms with Gasteiger partial charge in [0.25, 0.3) is 5.69 Å². The van der Waals surface area contributed by atoms with E-state index in [1.807, 2.05) is 0 Å². The molecule has 0 saturated carbocycles. The number of nitro groups is 1. The number of nitrogens with zero attached hydrogens (tertiary/aromatic N) is 3. The lowest BCUT2D eigenvalue weighted by Gasteiger charge is -2.40. The summed E-state index contributed by atoms with van der Waals surface area (Å²) in [5, 5.41) is 19.8. The maximum atomic E-state index is 14.0. The van der Waals surface area contributed by atoms with E-state index in [9.17, 15) is 24.4 Å². The molecule has 2 aliphatic heterocycles. The number of piperazine rings is 1. The molecular formula is C13H14FN3O4. The Morgan fingerprint density at radius 2 is 1.95 bits per heavy atom. The van der Waals surface area contributed by atoms with Gasteiger partial charge in [-0.25, -0.2) is 9.18 Å². The molecule has 112 valence electrons. The molecule has 2 unspecified atom stereocenters. The Morgan fingerprint density at radius 3 is 2.43 bits per heavy atom. The van der Waals surface area contributed by atoms with Crippen molar-refractivity contribution >= 4 is 17.5 Å². The summed E-state index contributed by atoms with van der Waals surface area (Å²) in [5.74, 6) is -0.646. The number of anilines is 1. The fraction of sp³-hybridized carbons (Fsp3) is 0.462. The van der Waals surface area contributed by atoms with Crippen molar-refractivity contribution in [2.45, 2.75) is 24.9 Å². The highest BCUT2D eigenvalue weighted by Gasteiger charge is 2.43. The first-order valence-corrected chi connectivity index (χ1v) is 6.67. The van der Waals surface area contributed by atoms with Gasteiger partial charge in [-0.05, 0) is 18.9 Å². The van der Waals surface area contributed by atoms with Gasteiger partial charge in [-0.3, -0.25) is 15.0 Å². The Labute approximate surface area is 119 Å². The minimum Gasteiger partial charge on any atom is -0.465 e. The van der Waals surface area contributed by atoms with Crippen molar-refractivity contribution in [2.75, 3.05) is 18.0 Å². The van der Waals surface area contributed by atoms with Crippen molar-refractivity contribution < 1.29 is 19.2 Å². The topological polar surface area (TPSA) is 86.9 Å². The van der Waals surface area contributed by atoms with Gasteiger partial charge in [-0.1, -0.05) is 0 Å². The van der Waals surface area contributed by atoms with Crippen LogP contribution in [0.1, 0.15) is 12.8 Å². The van der Waals surface area contributed by atoms with Gasteiger partial charge in [0.15, 0.2) is 5.82 Å². The number of nitro benzene ring substituents is 1. The average molecular weight is 295 g/mol. The Kier molecular flexibility index (Phi) is 3.15. The molecule has 2 atom stereocenters. The van der Waals surface area contributed by atoms with Crippen LogP contribution in [0, 0.1) is 15.9 Å². The predicted octanol–water partition coefficient (Wildman–Crippen LogP) is 2.06. The highest BCUT2D eigenvalue weighted by atomic mass is 19.1. The largest absolute Gasteiger partial charge is 0.465 e. The van der Waals surface area contributed by atoms with E-state index >= 15 is 0 Å². The third-order valence-corrected chi connectivity index (χ3v) is 4.19. The van der Waals surface area contributed by atoms with Crippen LogP contribution in [-0.2, 0) is 0 Å². The summed E-state index contributed by atoms with van der Waals surface area (Å²) in [7, 11) is 0. The van der Waals surface area contributed by atoms with E-state index in [0.717, 1.165) is 18.9 Å². The van der Waals surface area contributed by atoms with E-state index in [1.165, 1.54) is 17.0 Å². The summed E-state index contributed by atoms with van der Waals surface area (Å²) >= 11 is 0. The highest BCUT2D eigenvalue weighted by Crippen LogP contribution is 2.34. The Bertz CT molecular complexity index is 595. The summed E-state index contributed by atoms with van der Waals surface area (Å²) in [4.78, 5) is 24.4. The molecule has 1 aromatic rings. The monoisotopic (exact) mass is 295 g/mol. The maximum Gasteiger partial charge on any atom is 0.407 e. The first kappa shape index (κ1) is 13.6. The van der Waals surface area contributed by atoms with Gasteiger partial charge in [-0.15, -0.1) is 0 Å². The van der Waals surface area contributed by atoms with Gasteiger partial charge >= 0.3 is 6.09 Å². The number of benzene rings is 1. The van der Waals surface area contributed by atoms with E-state index in [0.29, 0.717) is 18.8 Å². The van der Waals surface area contributed by atoms with E-state index in [1.54, 1.807) is 4.90 Å². The number of rotatable bonds is 2. The molecule has 7 nitrogen and oxygen atoms in total. The number of amides is 1. The summed E-state index contributed by atoms with van der Waals surface area (Å²) in [6, 6.07) is 3.28. The molecule has 0 radical (unpaired) electrons. The van der Waals surface area contributed by atoms with Crippen molar-refractivity contribution in [2.24, 2.45) is 0 Å². The minimum absolute atomic E-state index is 0.143. The predicted molar refractivity (Wildman–Crippen MR) is 71.9 cm³/mol. The maximum absolute atomic E-state index is 14.0. The van der Waals surface area contributed by atoms with Crippen molar-refractivity contribution in [3.63, 3.8) is 0 Å². The molecular weight excluding hydrogens is 281 g/mol. The van der Waals surface area contributed by atoms with Crippen LogP contribution in [-0.4, -0.2) is 46.2 Å². The zero-order valence-corrected chi connectivity index (χ0v) is 11.1. The van der Waals surface area contributed by atoms with Crippen LogP contribution < -0.4 is 4.90 Å². The zero-order valence-electron chi connectivity index (χ0n) is 11.1. The Balaban J connectivity index is 1.84. The van der Waals surface area contributed by atoms with Gasteiger partial charge in [0.2, 0.25) is 0 Å². The van der Waals surface area contributed by atoms with Gasteiger partial charge in [0, 0.05) is 19.2 Å². The van der Waals surface area contributed by atoms with E-state index < -0.39 is 16.8 Å². The van der Waals surface area contributed by atoms with Crippen LogP contribution >= 0.6 is 0 Å². The molecule has 2 heterocycles. The first-order chi connectivity index (χ1) is 9.97. The van der Waals surface area contributed by atoms with Crippen LogP contribution in [0.2, 0.25) is 0 Å². The normalized spacial score (nSPS) is 24.2. The number of carbonyl (C=O) groups is 1. The number of halogens is 1. The molecule has 2 bridgehead atoms. The molecule has 1 amide bonds. The summed E-state index contributed by atoms with van der Waals surface area (Å²) in [6.45, 7) is 0.828. The third-order valence-electron chi connectivity index (χ3n) is 4.19. The lowest BCUT2D eigenvalue weighted by Crippen LogP contribution is -2.55. The fourth-order valence-electron chi connectivity index (χ4n) is 3.28. The lowest BCUT2D eigenvalue weighted by atomic mass is 10.1. The molecule has 2 saturated heterocycles. The summed E-state index contributed by atoms with van der Waals surface area (Å²) < 4.78 is 14.0. The van der Waals surface area contributed by atoms with E-state index in [4.69, 9.17) is 0 Å². The quantitative estimate of drug-likeness (QED) is 0.666. The second-order valence-electron chi connectivity index (χ2n) is 5.37. The summed E-state index contributed by atoms with van der Waals surface area (Å²) in [5.41, 5.74) is 0.00549. The SMILES string of the molecule is O=C(O)N1C2CCC1CN(c1ccc([N+](=O)[O-])cc1F)C2. The third kappa shape index (κ3) is 2.26. The molecule has 2 fully saturated rings. The van der Waals surface area contributed by atoms with Gasteiger partial charge in [-0.2, -0.15) is 0 Å². The lowest BCUT2D eigenvalue weighted by molar-refractivity contribution is -0.385. The Morgan fingerprint density at radius 1 is 1.33 bits per heavy atom. The smallest absolute Gasteiger partial charge is 0.407 e. The van der Waals surface area contributed by atoms with Crippen LogP contribution in [0.15, 0.2) is 18.2 Å². The van der Waals surface area contributed by atoms with Gasteiger partial charge in [0.05, 0.1) is 28.8 Å². The van der Waals surface area contributed by atoms with Crippen molar-refractivity contribution in [1.29, 1.82) is 0 Å². The van der Waals surface area contributed by atoms with Crippen LogP contribution in [0.5, 0.6) is 0 Å². The van der Waals surface area contributed by atoms with Crippen molar-refractivity contribution in [3.05, 3.63) is 34.1 Å². The van der Waals surface area contributed by atoms with Gasteiger partial charge < -0.3 is 10.0 Å². The van der Waals surface area contributed by atoms with Gasteiger partial charge in [0.1, 0.15) is 0 Å². The fourth-order valence-corrected chi connectivity index (χ4v) is 3.28. The van der Waals surface area contributed by atoms with Crippen LogP contribution in [0.3, 0.4) is 0 Å². The van der Waals surface area contributed by atoms with Crippen molar-refractivity contribution in [1.82, 2.24) is 4.90 Å². The van der Waals surface area contributed by atoms with E-state index in [-0.39, 0.29) is 17.8 Å². The molecule has 1 N–H and O–H groups in total. The number of fused-ring (bicyclic) bond motifs is 2. The molecule has 1 aromatic carbocycles. The molecule has 21 heavy (non-hydrogen) atoms. The molecule has 8 heteroatoms. The molecule has 0 aliphatic carbocycles. The highest BCUT2D eigenvalue weighted by molar-refractivity contribution is 5.67. The van der Waals surface area contributed by atoms with E-state index in [2.05, 4.69) is 0 Å². The molecule has 3 rings (SSSR count). The van der Waals surface area contributed by atoms with Crippen LogP contribution in [0.4, 0.5) is 20.6 Å². The molecule has 2 aliphatic rings. The van der Waals surface area contributed by atoms with Crippen LogP contribution in [0.25, 0.3) is 0 Å². The standard InChI is InChI=1S/C13H14FN3O4/c14-11-5-8(17(20)21)3-4-12(11)15-6-9-1-2-10(7-15)16(9)13(18)19/h3-5,9-10H,1-2,6-7H2,(H,18,19). The number of carboxylic acid groups (broad SMARTS) is 1. The first-order valence-electron chi connectivity index (χ1n) is 6.67. The minimum atomic E-state index is -0.939. The second-order valence-corrected chi connectivity index (χ2v) is 5.37. The zero-order chi connectivity index (χ0) is 15.1. The number of hydrogen-bond acceptors (Lipinski definition) is 4. The summed E-state index contributed by atoms with van der Waals surface area (Å²) in [6.07, 6.45) is 0.593. The van der Waals surface area contributed by atoms with Crippen molar-refractivity contribution in [3.8, 4) is 0 Å². The Hall–Kier alpha value is -2.38. The average Bonchev–Trinajstić information content (AvgIpc) is 2.70. The second kappa shape index (κ2) is 4.87.